The molecular weight excluding hydrogens is 436 g/mol. The molecule has 3 aliphatic rings. The number of nitro groups is 1. The van der Waals surface area contributed by atoms with Crippen LogP contribution in [0, 0.1) is 15.5 Å². The van der Waals surface area contributed by atoms with Gasteiger partial charge < -0.3 is 14.1 Å². The maximum Gasteiger partial charge on any atom is 0.283 e. The van der Waals surface area contributed by atoms with E-state index in [0.29, 0.717) is 53.7 Å². The van der Waals surface area contributed by atoms with E-state index in [0.717, 1.165) is 0 Å². The maximum atomic E-state index is 12.6. The van der Waals surface area contributed by atoms with Gasteiger partial charge in [-0.2, -0.15) is 10.0 Å². The number of aliphatic imine (C=N–C) groups is 1. The Hall–Kier alpha value is -3.77. The second-order valence-corrected chi connectivity index (χ2v) is 7.94. The van der Waals surface area contributed by atoms with Crippen LogP contribution in [-0.4, -0.2) is 63.2 Å². The summed E-state index contributed by atoms with van der Waals surface area (Å²) in [6.07, 6.45) is 1.45. The number of morpholine rings is 1. The van der Waals surface area contributed by atoms with Gasteiger partial charge in [-0.3, -0.25) is 20.3 Å². The molecular formula is C20H16N6O5S. The standard InChI is InChI=1S/C20H16N6O5S/c21-17-15(11-14-5-6-16(31-14)12-1-3-13(4-2-12)26(28)29)18(27)22-19-25(17)23-20(32-19)24-7-9-30-10-8-24/h1-6,11,21H,7-10H2/b15-11-,21-17?. The van der Waals surface area contributed by atoms with Crippen molar-refractivity contribution in [3.8, 4) is 11.3 Å². The molecule has 2 aromatic rings. The average Bonchev–Trinajstić information content (AvgIpc) is 3.45. The minimum Gasteiger partial charge on any atom is -0.457 e. The molecule has 0 radical (unpaired) electrons. The van der Waals surface area contributed by atoms with Crippen molar-refractivity contribution in [3.05, 3.63) is 57.8 Å². The molecule has 12 heteroatoms. The fourth-order valence-electron chi connectivity index (χ4n) is 3.34. The highest BCUT2D eigenvalue weighted by atomic mass is 32.2. The van der Waals surface area contributed by atoms with Gasteiger partial charge in [0.2, 0.25) is 5.17 Å². The van der Waals surface area contributed by atoms with Crippen molar-refractivity contribution >= 4 is 45.6 Å². The molecule has 1 saturated heterocycles. The molecule has 11 nitrogen and oxygen atoms in total. The van der Waals surface area contributed by atoms with Gasteiger partial charge in [-0.25, -0.2) is 0 Å². The van der Waals surface area contributed by atoms with Gasteiger partial charge in [0.1, 0.15) is 11.5 Å². The van der Waals surface area contributed by atoms with E-state index in [4.69, 9.17) is 14.6 Å². The number of nitrogens with one attached hydrogen (secondary N) is 1. The van der Waals surface area contributed by atoms with Crippen LogP contribution < -0.4 is 0 Å². The molecule has 0 spiro atoms. The number of hydrogen-bond acceptors (Lipinski definition) is 9. The number of carbonyl (C=O) groups excluding carboxylic acids is 1. The third-order valence-electron chi connectivity index (χ3n) is 5.00. The first-order valence-corrected chi connectivity index (χ1v) is 10.5. The average molecular weight is 452 g/mol. The summed E-state index contributed by atoms with van der Waals surface area (Å²) in [5.74, 6) is 0.217. The number of non-ortho nitro benzene ring substituents is 1. The van der Waals surface area contributed by atoms with Crippen LogP contribution in [0.5, 0.6) is 0 Å². The lowest BCUT2D eigenvalue weighted by Gasteiger charge is -2.26. The molecule has 0 atom stereocenters. The van der Waals surface area contributed by atoms with Gasteiger partial charge in [0.05, 0.1) is 23.7 Å². The monoisotopic (exact) mass is 452 g/mol. The van der Waals surface area contributed by atoms with E-state index in [-0.39, 0.29) is 17.1 Å². The summed E-state index contributed by atoms with van der Waals surface area (Å²) in [5.41, 5.74) is 0.699. The SMILES string of the molecule is N=C1/C(=C/c2ccc(-c3ccc([N+](=O)[O-])cc3)o2)C(=O)N=C2SC(N3CCOCC3)=NN12. The number of fused-ring (bicyclic) bond motifs is 1. The van der Waals surface area contributed by atoms with Crippen LogP contribution in [0.15, 0.2) is 56.5 Å². The fraction of sp³-hybridized carbons (Fsp3) is 0.200. The quantitative estimate of drug-likeness (QED) is 0.426. The molecule has 1 N–H and O–H groups in total. The molecule has 1 amide bonds. The number of nitrogens with zero attached hydrogens (tertiary/aromatic N) is 5. The highest BCUT2D eigenvalue weighted by Crippen LogP contribution is 2.31. The lowest BCUT2D eigenvalue weighted by atomic mass is 10.1. The van der Waals surface area contributed by atoms with Crippen molar-refractivity contribution in [2.24, 2.45) is 10.1 Å². The van der Waals surface area contributed by atoms with E-state index in [2.05, 4.69) is 10.1 Å². The van der Waals surface area contributed by atoms with Crippen LogP contribution in [0.25, 0.3) is 17.4 Å². The summed E-state index contributed by atoms with van der Waals surface area (Å²) >= 11 is 1.26. The van der Waals surface area contributed by atoms with E-state index < -0.39 is 10.8 Å². The van der Waals surface area contributed by atoms with Crippen molar-refractivity contribution in [2.75, 3.05) is 26.3 Å². The molecule has 32 heavy (non-hydrogen) atoms. The number of hydrazone groups is 1. The van der Waals surface area contributed by atoms with Gasteiger partial charge >= 0.3 is 0 Å². The largest absolute Gasteiger partial charge is 0.457 e. The van der Waals surface area contributed by atoms with Crippen LogP contribution in [0.4, 0.5) is 5.69 Å². The number of rotatable bonds is 3. The first kappa shape index (κ1) is 20.2. The molecule has 162 valence electrons. The summed E-state index contributed by atoms with van der Waals surface area (Å²) in [4.78, 5) is 29.1. The Bertz CT molecular complexity index is 1210. The van der Waals surface area contributed by atoms with Gasteiger partial charge in [-0.1, -0.05) is 0 Å². The Balaban J connectivity index is 1.38. The minimum atomic E-state index is -0.541. The van der Waals surface area contributed by atoms with Crippen LogP contribution >= 0.6 is 11.8 Å². The molecule has 3 aliphatic heterocycles. The molecule has 1 fully saturated rings. The molecule has 4 heterocycles. The Morgan fingerprint density at radius 2 is 1.88 bits per heavy atom. The van der Waals surface area contributed by atoms with Crippen LogP contribution in [0.2, 0.25) is 0 Å². The summed E-state index contributed by atoms with van der Waals surface area (Å²) < 4.78 is 11.1. The highest BCUT2D eigenvalue weighted by Gasteiger charge is 2.37. The zero-order valence-electron chi connectivity index (χ0n) is 16.6. The van der Waals surface area contributed by atoms with Crippen LogP contribution in [-0.2, 0) is 9.53 Å². The Morgan fingerprint density at radius 3 is 2.59 bits per heavy atom. The lowest BCUT2D eigenvalue weighted by molar-refractivity contribution is -0.384. The normalized spacial score (nSPS) is 19.8. The Kier molecular flexibility index (Phi) is 5.07. The maximum absolute atomic E-state index is 12.6. The first-order chi connectivity index (χ1) is 15.5. The van der Waals surface area contributed by atoms with E-state index in [1.165, 1.54) is 35.0 Å². The zero-order chi connectivity index (χ0) is 22.2. The minimum absolute atomic E-state index is 0.0157. The predicted molar refractivity (Wildman–Crippen MR) is 118 cm³/mol. The molecule has 0 unspecified atom stereocenters. The second-order valence-electron chi connectivity index (χ2n) is 7.01. The number of ether oxygens (including phenoxy) is 1. The Labute approximate surface area is 185 Å². The number of amides is 1. The van der Waals surface area contributed by atoms with Gasteiger partial charge in [-0.05, 0) is 42.1 Å². The molecule has 1 aromatic heterocycles. The van der Waals surface area contributed by atoms with Gasteiger partial charge in [-0.15, -0.1) is 5.10 Å². The number of nitro benzene ring substituents is 1. The number of furan rings is 1. The number of amidine groups is 3. The van der Waals surface area contributed by atoms with E-state index in [9.17, 15) is 14.9 Å². The molecule has 0 saturated carbocycles. The number of hydrogen-bond donors (Lipinski definition) is 1. The van der Waals surface area contributed by atoms with Crippen molar-refractivity contribution in [1.82, 2.24) is 9.91 Å². The lowest BCUT2D eigenvalue weighted by Crippen LogP contribution is -2.39. The Morgan fingerprint density at radius 1 is 1.12 bits per heavy atom. The van der Waals surface area contributed by atoms with Crippen molar-refractivity contribution < 1.29 is 18.9 Å². The zero-order valence-corrected chi connectivity index (χ0v) is 17.4. The van der Waals surface area contributed by atoms with E-state index in [1.54, 1.807) is 24.3 Å². The van der Waals surface area contributed by atoms with Crippen molar-refractivity contribution in [3.63, 3.8) is 0 Å². The first-order valence-electron chi connectivity index (χ1n) is 9.67. The van der Waals surface area contributed by atoms with E-state index >= 15 is 0 Å². The van der Waals surface area contributed by atoms with Crippen LogP contribution in [0.3, 0.4) is 0 Å². The summed E-state index contributed by atoms with van der Waals surface area (Å²) in [6, 6.07) is 9.30. The van der Waals surface area contributed by atoms with Gasteiger partial charge in [0, 0.05) is 30.8 Å². The van der Waals surface area contributed by atoms with Crippen molar-refractivity contribution in [1.29, 1.82) is 5.41 Å². The van der Waals surface area contributed by atoms with Gasteiger partial charge in [0.25, 0.3) is 11.6 Å². The molecule has 1 aromatic carbocycles. The predicted octanol–water partition coefficient (Wildman–Crippen LogP) is 2.76. The summed E-state index contributed by atoms with van der Waals surface area (Å²) in [7, 11) is 0. The van der Waals surface area contributed by atoms with Gasteiger partial charge in [0.15, 0.2) is 11.0 Å². The number of thioether (sulfide) groups is 1. The van der Waals surface area contributed by atoms with E-state index in [1.807, 2.05) is 4.90 Å². The van der Waals surface area contributed by atoms with Crippen LogP contribution in [0.1, 0.15) is 5.76 Å². The summed E-state index contributed by atoms with van der Waals surface area (Å²) in [5, 5.41) is 26.1. The molecule has 5 rings (SSSR count). The number of benzene rings is 1. The summed E-state index contributed by atoms with van der Waals surface area (Å²) in [6.45, 7) is 2.58. The molecule has 0 bridgehead atoms. The second kappa shape index (κ2) is 8.05. The fourth-order valence-corrected chi connectivity index (χ4v) is 4.28. The third-order valence-corrected chi connectivity index (χ3v) is 5.97. The third kappa shape index (κ3) is 3.69. The number of carbonyl (C=O) groups is 1. The van der Waals surface area contributed by atoms with Crippen molar-refractivity contribution in [2.45, 2.75) is 0 Å². The highest BCUT2D eigenvalue weighted by molar-refractivity contribution is 8.26. The topological polar surface area (TPSA) is 138 Å². The molecule has 0 aliphatic carbocycles. The smallest absolute Gasteiger partial charge is 0.283 e.